The third-order valence-electron chi connectivity index (χ3n) is 7.08. The zero-order valence-corrected chi connectivity index (χ0v) is 24.2. The second kappa shape index (κ2) is 13.9. The van der Waals surface area contributed by atoms with E-state index in [4.69, 9.17) is 15.2 Å². The highest BCUT2D eigenvalue weighted by Crippen LogP contribution is 2.31. The third kappa shape index (κ3) is 7.38. The standard InChI is InChI=1S/C29H41N3O6S/c1-5-7-17-31(4)23-12-10-22(11-13-23)25(6-2)28(33)38-27-15-14-24(20-21(27)3)39(35,36)32-18-8-9-26(32)29(34)37-19-16-30/h10-15,20,25-26H,5-9,16-19,30H2,1-4H3/t25?,26-/m0/s1. The number of carbonyl (C=O) groups excluding carboxylic acids is 2. The van der Waals surface area contributed by atoms with Crippen molar-refractivity contribution in [3.05, 3.63) is 53.6 Å². The molecule has 9 nitrogen and oxygen atoms in total. The lowest BCUT2D eigenvalue weighted by atomic mass is 9.96. The second-order valence-corrected chi connectivity index (χ2v) is 11.8. The highest BCUT2D eigenvalue weighted by atomic mass is 32.2. The van der Waals surface area contributed by atoms with Crippen molar-refractivity contribution in [2.45, 2.75) is 69.7 Å². The van der Waals surface area contributed by atoms with E-state index in [1.54, 1.807) is 6.92 Å². The van der Waals surface area contributed by atoms with Crippen LogP contribution in [0.1, 0.15) is 63.0 Å². The van der Waals surface area contributed by atoms with Gasteiger partial charge in [-0.2, -0.15) is 4.31 Å². The maximum Gasteiger partial charge on any atom is 0.324 e. The first-order chi connectivity index (χ1) is 18.6. The van der Waals surface area contributed by atoms with Gasteiger partial charge in [0, 0.05) is 32.4 Å². The van der Waals surface area contributed by atoms with Crippen LogP contribution in [0.15, 0.2) is 47.4 Å². The van der Waals surface area contributed by atoms with Gasteiger partial charge in [-0.3, -0.25) is 9.59 Å². The summed E-state index contributed by atoms with van der Waals surface area (Å²) < 4.78 is 38.7. The van der Waals surface area contributed by atoms with E-state index in [1.807, 2.05) is 31.2 Å². The van der Waals surface area contributed by atoms with Crippen LogP contribution in [-0.2, 0) is 24.3 Å². The Morgan fingerprint density at radius 1 is 1.15 bits per heavy atom. The smallest absolute Gasteiger partial charge is 0.324 e. The highest BCUT2D eigenvalue weighted by Gasteiger charge is 2.40. The number of hydrogen-bond acceptors (Lipinski definition) is 8. The molecule has 2 N–H and O–H groups in total. The van der Waals surface area contributed by atoms with Crippen LogP contribution in [0.2, 0.25) is 0 Å². The predicted molar refractivity (Wildman–Crippen MR) is 151 cm³/mol. The number of nitrogens with zero attached hydrogens (tertiary/aromatic N) is 2. The zero-order chi connectivity index (χ0) is 28.6. The summed E-state index contributed by atoms with van der Waals surface area (Å²) in [6.07, 6.45) is 3.76. The fraction of sp³-hybridized carbons (Fsp3) is 0.517. The van der Waals surface area contributed by atoms with Crippen LogP contribution in [0.25, 0.3) is 0 Å². The molecule has 2 aromatic rings. The van der Waals surface area contributed by atoms with Gasteiger partial charge in [0.25, 0.3) is 0 Å². The summed E-state index contributed by atoms with van der Waals surface area (Å²) in [5, 5.41) is 0. The van der Waals surface area contributed by atoms with Crippen LogP contribution in [-0.4, -0.2) is 64.0 Å². The largest absolute Gasteiger partial charge is 0.463 e. The average molecular weight is 560 g/mol. The lowest BCUT2D eigenvalue weighted by Gasteiger charge is -2.23. The van der Waals surface area contributed by atoms with Crippen molar-refractivity contribution in [1.82, 2.24) is 4.31 Å². The Hall–Kier alpha value is -2.95. The number of unbranched alkanes of at least 4 members (excludes halogenated alkanes) is 1. The van der Waals surface area contributed by atoms with Gasteiger partial charge in [0.15, 0.2) is 0 Å². The number of esters is 2. The lowest BCUT2D eigenvalue weighted by Crippen LogP contribution is -2.41. The van der Waals surface area contributed by atoms with Gasteiger partial charge < -0.3 is 20.1 Å². The van der Waals surface area contributed by atoms with E-state index in [9.17, 15) is 18.0 Å². The molecule has 1 unspecified atom stereocenters. The van der Waals surface area contributed by atoms with Crippen molar-refractivity contribution in [3.8, 4) is 5.75 Å². The van der Waals surface area contributed by atoms with Crippen molar-refractivity contribution in [2.75, 3.05) is 38.2 Å². The van der Waals surface area contributed by atoms with Gasteiger partial charge in [-0.25, -0.2) is 8.42 Å². The molecule has 1 saturated heterocycles. The first-order valence-electron chi connectivity index (χ1n) is 13.7. The van der Waals surface area contributed by atoms with Gasteiger partial charge in [0.2, 0.25) is 10.0 Å². The van der Waals surface area contributed by atoms with Crippen molar-refractivity contribution < 1.29 is 27.5 Å². The van der Waals surface area contributed by atoms with Crippen molar-refractivity contribution in [2.24, 2.45) is 5.73 Å². The molecule has 1 aliphatic heterocycles. The number of anilines is 1. The van der Waals surface area contributed by atoms with Crippen LogP contribution >= 0.6 is 0 Å². The minimum Gasteiger partial charge on any atom is -0.463 e. The monoisotopic (exact) mass is 559 g/mol. The van der Waals surface area contributed by atoms with Crippen LogP contribution in [0.3, 0.4) is 0 Å². The summed E-state index contributed by atoms with van der Waals surface area (Å²) in [5.74, 6) is -1.14. The minimum absolute atomic E-state index is 0.0353. The fourth-order valence-corrected chi connectivity index (χ4v) is 6.49. The Labute approximate surface area is 232 Å². The van der Waals surface area contributed by atoms with Gasteiger partial charge >= 0.3 is 11.9 Å². The van der Waals surface area contributed by atoms with Crippen LogP contribution in [0, 0.1) is 6.92 Å². The molecule has 0 radical (unpaired) electrons. The molecule has 3 rings (SSSR count). The summed E-state index contributed by atoms with van der Waals surface area (Å²) in [6, 6.07) is 11.5. The Bertz CT molecular complexity index is 1230. The molecule has 0 bridgehead atoms. The summed E-state index contributed by atoms with van der Waals surface area (Å²) in [6.45, 7) is 7.20. The molecule has 1 fully saturated rings. The van der Waals surface area contributed by atoms with Crippen molar-refractivity contribution in [3.63, 3.8) is 0 Å². The zero-order valence-electron chi connectivity index (χ0n) is 23.4. The molecule has 0 amide bonds. The van der Waals surface area contributed by atoms with Gasteiger partial charge in [-0.15, -0.1) is 0 Å². The number of benzene rings is 2. The Morgan fingerprint density at radius 2 is 1.87 bits per heavy atom. The Balaban J connectivity index is 1.73. The number of carbonyl (C=O) groups is 2. The maximum atomic E-state index is 13.4. The molecule has 0 saturated carbocycles. The molecule has 0 aromatic heterocycles. The van der Waals surface area contributed by atoms with E-state index in [2.05, 4.69) is 18.9 Å². The van der Waals surface area contributed by atoms with E-state index in [0.29, 0.717) is 30.6 Å². The highest BCUT2D eigenvalue weighted by molar-refractivity contribution is 7.89. The minimum atomic E-state index is -3.95. The van der Waals surface area contributed by atoms with Gasteiger partial charge in [0.1, 0.15) is 18.4 Å². The van der Waals surface area contributed by atoms with E-state index in [-0.39, 0.29) is 24.6 Å². The van der Waals surface area contributed by atoms with E-state index in [1.165, 1.54) is 22.5 Å². The van der Waals surface area contributed by atoms with Crippen LogP contribution in [0.4, 0.5) is 5.69 Å². The molecule has 10 heteroatoms. The Kier molecular flexibility index (Phi) is 10.9. The summed E-state index contributed by atoms with van der Waals surface area (Å²) in [4.78, 5) is 27.8. The number of nitrogens with two attached hydrogens (primary N) is 1. The average Bonchev–Trinajstić information content (AvgIpc) is 3.43. The summed E-state index contributed by atoms with van der Waals surface area (Å²) in [7, 11) is -1.89. The van der Waals surface area contributed by atoms with E-state index in [0.717, 1.165) is 30.6 Å². The summed E-state index contributed by atoms with van der Waals surface area (Å²) >= 11 is 0. The molecule has 0 spiro atoms. The number of sulfonamides is 1. The molecule has 214 valence electrons. The molecule has 39 heavy (non-hydrogen) atoms. The fourth-order valence-electron chi connectivity index (χ4n) is 4.75. The number of hydrogen-bond donors (Lipinski definition) is 1. The van der Waals surface area contributed by atoms with E-state index < -0.39 is 33.9 Å². The van der Waals surface area contributed by atoms with Gasteiger partial charge in [-0.05, 0) is 74.1 Å². The molecular formula is C29H41N3O6S. The molecule has 1 heterocycles. The number of ether oxygens (including phenoxy) is 2. The molecule has 2 atom stereocenters. The first-order valence-corrected chi connectivity index (χ1v) is 15.1. The number of rotatable bonds is 13. The Morgan fingerprint density at radius 3 is 2.49 bits per heavy atom. The first kappa shape index (κ1) is 30.6. The second-order valence-electron chi connectivity index (χ2n) is 9.91. The van der Waals surface area contributed by atoms with Gasteiger partial charge in [0.05, 0.1) is 10.8 Å². The van der Waals surface area contributed by atoms with Crippen molar-refractivity contribution >= 4 is 27.6 Å². The maximum absolute atomic E-state index is 13.4. The topological polar surface area (TPSA) is 119 Å². The quantitative estimate of drug-likeness (QED) is 0.289. The molecular weight excluding hydrogens is 518 g/mol. The van der Waals surface area contributed by atoms with Crippen LogP contribution in [0.5, 0.6) is 5.75 Å². The van der Waals surface area contributed by atoms with Crippen molar-refractivity contribution in [1.29, 1.82) is 0 Å². The van der Waals surface area contributed by atoms with Crippen LogP contribution < -0.4 is 15.4 Å². The van der Waals surface area contributed by atoms with Gasteiger partial charge in [-0.1, -0.05) is 32.4 Å². The normalized spacial score (nSPS) is 16.6. The molecule has 0 aliphatic carbocycles. The predicted octanol–water partition coefficient (Wildman–Crippen LogP) is 3.99. The lowest BCUT2D eigenvalue weighted by molar-refractivity contribution is -0.147. The third-order valence-corrected chi connectivity index (χ3v) is 8.98. The van der Waals surface area contributed by atoms with E-state index >= 15 is 0 Å². The molecule has 2 aromatic carbocycles. The molecule has 1 aliphatic rings. The summed E-state index contributed by atoms with van der Waals surface area (Å²) in [5.41, 5.74) is 7.87. The number of aryl methyl sites for hydroxylation is 1. The SMILES string of the molecule is CCCCN(C)c1ccc(C(CC)C(=O)Oc2ccc(S(=O)(=O)N3CCC[C@H]3C(=O)OCCN)cc2C)cc1.